The van der Waals surface area contributed by atoms with E-state index < -0.39 is 17.9 Å². The predicted molar refractivity (Wildman–Crippen MR) is 95.7 cm³/mol. The van der Waals surface area contributed by atoms with Gasteiger partial charge in [0.05, 0.1) is 41.9 Å². The minimum atomic E-state index is -0.636. The second-order valence-electron chi connectivity index (χ2n) is 6.31. The van der Waals surface area contributed by atoms with E-state index in [4.69, 9.17) is 14.7 Å². The lowest BCUT2D eigenvalue weighted by Gasteiger charge is -2.30. The van der Waals surface area contributed by atoms with E-state index in [0.29, 0.717) is 33.7 Å². The Morgan fingerprint density at radius 3 is 2.08 bits per heavy atom. The normalized spacial score (nSPS) is 16.9. The van der Waals surface area contributed by atoms with Crippen molar-refractivity contribution in [3.05, 3.63) is 57.9 Å². The van der Waals surface area contributed by atoms with Gasteiger partial charge in [-0.3, -0.25) is 0 Å². The average Bonchev–Trinajstić information content (AvgIpc) is 2.59. The SMILES string of the molecule is COC(=O)C1=C(C)NC(C)=C(C(=O)OC(C)C)C1c1ccc(C#N)cc1. The molecule has 26 heavy (non-hydrogen) atoms. The first kappa shape index (κ1) is 19.3. The van der Waals surface area contributed by atoms with E-state index >= 15 is 0 Å². The van der Waals surface area contributed by atoms with Gasteiger partial charge in [-0.05, 0) is 45.4 Å². The average molecular weight is 354 g/mol. The Bertz CT molecular complexity index is 826. The number of allylic oxidation sites excluding steroid dienone is 2. The second kappa shape index (κ2) is 7.87. The highest BCUT2D eigenvalue weighted by Crippen LogP contribution is 2.39. The summed E-state index contributed by atoms with van der Waals surface area (Å²) in [5.41, 5.74) is 3.14. The number of carbonyl (C=O) groups is 2. The Kier molecular flexibility index (Phi) is 5.83. The van der Waals surface area contributed by atoms with Gasteiger partial charge in [0.25, 0.3) is 0 Å². The van der Waals surface area contributed by atoms with Gasteiger partial charge in [0.15, 0.2) is 0 Å². The van der Waals surface area contributed by atoms with E-state index in [1.807, 2.05) is 0 Å². The van der Waals surface area contributed by atoms with Gasteiger partial charge in [-0.25, -0.2) is 9.59 Å². The van der Waals surface area contributed by atoms with E-state index in [9.17, 15) is 9.59 Å². The molecule has 6 nitrogen and oxygen atoms in total. The third kappa shape index (κ3) is 3.77. The number of nitriles is 1. The molecule has 0 radical (unpaired) electrons. The van der Waals surface area contributed by atoms with Crippen molar-refractivity contribution in [2.75, 3.05) is 7.11 Å². The second-order valence-corrected chi connectivity index (χ2v) is 6.31. The van der Waals surface area contributed by atoms with Crippen molar-refractivity contribution in [1.82, 2.24) is 5.32 Å². The molecule has 0 amide bonds. The highest BCUT2D eigenvalue weighted by Gasteiger charge is 2.37. The van der Waals surface area contributed by atoms with Gasteiger partial charge in [-0.2, -0.15) is 5.26 Å². The Balaban J connectivity index is 2.63. The zero-order valence-electron chi connectivity index (χ0n) is 15.5. The van der Waals surface area contributed by atoms with Crippen molar-refractivity contribution in [3.8, 4) is 6.07 Å². The van der Waals surface area contributed by atoms with Crippen LogP contribution in [0.2, 0.25) is 0 Å². The largest absolute Gasteiger partial charge is 0.466 e. The summed E-state index contributed by atoms with van der Waals surface area (Å²) in [5.74, 6) is -1.65. The van der Waals surface area contributed by atoms with Crippen LogP contribution in [0.5, 0.6) is 0 Å². The molecule has 1 unspecified atom stereocenters. The van der Waals surface area contributed by atoms with Gasteiger partial charge in [0.1, 0.15) is 0 Å². The Hall–Kier alpha value is -3.07. The van der Waals surface area contributed by atoms with Crippen LogP contribution in [-0.2, 0) is 19.1 Å². The van der Waals surface area contributed by atoms with Crippen molar-refractivity contribution in [2.24, 2.45) is 0 Å². The molecule has 2 rings (SSSR count). The van der Waals surface area contributed by atoms with Gasteiger partial charge in [-0.1, -0.05) is 12.1 Å². The van der Waals surface area contributed by atoms with E-state index in [0.717, 1.165) is 0 Å². The lowest BCUT2D eigenvalue weighted by Crippen LogP contribution is -2.32. The molecule has 0 saturated carbocycles. The first-order valence-corrected chi connectivity index (χ1v) is 8.28. The molecular formula is C20H22N2O4. The van der Waals surface area contributed by atoms with Crippen LogP contribution < -0.4 is 5.32 Å². The van der Waals surface area contributed by atoms with Crippen LogP contribution in [0.3, 0.4) is 0 Å². The molecule has 6 heteroatoms. The molecule has 0 aliphatic carbocycles. The molecular weight excluding hydrogens is 332 g/mol. The summed E-state index contributed by atoms with van der Waals surface area (Å²) >= 11 is 0. The zero-order chi connectivity index (χ0) is 19.4. The maximum Gasteiger partial charge on any atom is 0.337 e. The summed E-state index contributed by atoms with van der Waals surface area (Å²) in [6.45, 7) is 7.06. The predicted octanol–water partition coefficient (Wildman–Crippen LogP) is 2.92. The van der Waals surface area contributed by atoms with E-state index in [1.54, 1.807) is 52.0 Å². The monoisotopic (exact) mass is 354 g/mol. The fourth-order valence-corrected chi connectivity index (χ4v) is 3.01. The smallest absolute Gasteiger partial charge is 0.337 e. The van der Waals surface area contributed by atoms with Crippen molar-refractivity contribution >= 4 is 11.9 Å². The number of hydrogen-bond acceptors (Lipinski definition) is 6. The first-order valence-electron chi connectivity index (χ1n) is 8.28. The lowest BCUT2D eigenvalue weighted by molar-refractivity contribution is -0.143. The number of dihydropyridines is 1. The minimum absolute atomic E-state index is 0.294. The fourth-order valence-electron chi connectivity index (χ4n) is 3.01. The number of carbonyl (C=O) groups excluding carboxylic acids is 2. The zero-order valence-corrected chi connectivity index (χ0v) is 15.5. The maximum absolute atomic E-state index is 12.7. The molecule has 0 saturated heterocycles. The van der Waals surface area contributed by atoms with Crippen molar-refractivity contribution < 1.29 is 19.1 Å². The van der Waals surface area contributed by atoms with Crippen LogP contribution in [0.4, 0.5) is 0 Å². The number of rotatable bonds is 4. The van der Waals surface area contributed by atoms with Crippen molar-refractivity contribution in [1.29, 1.82) is 5.26 Å². The topological polar surface area (TPSA) is 88.4 Å². The Morgan fingerprint density at radius 2 is 1.62 bits per heavy atom. The van der Waals surface area contributed by atoms with Gasteiger partial charge in [-0.15, -0.1) is 0 Å². The molecule has 0 spiro atoms. The highest BCUT2D eigenvalue weighted by atomic mass is 16.5. The van der Waals surface area contributed by atoms with Crippen molar-refractivity contribution in [2.45, 2.75) is 39.7 Å². The van der Waals surface area contributed by atoms with Crippen LogP contribution in [0, 0.1) is 11.3 Å². The Morgan fingerprint density at radius 1 is 1.08 bits per heavy atom. The molecule has 0 fully saturated rings. The molecule has 0 aromatic heterocycles. The summed E-state index contributed by atoms with van der Waals surface area (Å²) in [5, 5.41) is 12.1. The number of benzene rings is 1. The summed E-state index contributed by atoms with van der Waals surface area (Å²) in [4.78, 5) is 25.2. The standard InChI is InChI=1S/C20H22N2O4/c1-11(2)26-20(24)17-13(4)22-12(3)16(19(23)25-5)18(17)15-8-6-14(10-21)7-9-15/h6-9,11,18,22H,1-5H3. The molecule has 1 heterocycles. The quantitative estimate of drug-likeness (QED) is 0.837. The van der Waals surface area contributed by atoms with Crippen LogP contribution in [0.15, 0.2) is 46.8 Å². The molecule has 1 atom stereocenters. The highest BCUT2D eigenvalue weighted by molar-refractivity contribution is 5.99. The van der Waals surface area contributed by atoms with E-state index in [2.05, 4.69) is 11.4 Å². The number of methoxy groups -OCH3 is 1. The third-order valence-electron chi connectivity index (χ3n) is 4.10. The molecule has 1 N–H and O–H groups in total. The van der Waals surface area contributed by atoms with E-state index in [-0.39, 0.29) is 6.10 Å². The van der Waals surface area contributed by atoms with Crippen LogP contribution in [0.25, 0.3) is 0 Å². The molecule has 136 valence electrons. The fraction of sp³-hybridized carbons (Fsp3) is 0.350. The summed E-state index contributed by atoms with van der Waals surface area (Å²) in [6, 6.07) is 8.84. The van der Waals surface area contributed by atoms with Gasteiger partial charge < -0.3 is 14.8 Å². The van der Waals surface area contributed by atoms with Crippen LogP contribution >= 0.6 is 0 Å². The number of nitrogens with zero attached hydrogens (tertiary/aromatic N) is 1. The van der Waals surface area contributed by atoms with Gasteiger partial charge >= 0.3 is 11.9 Å². The molecule has 0 bridgehead atoms. The minimum Gasteiger partial charge on any atom is -0.466 e. The van der Waals surface area contributed by atoms with E-state index in [1.165, 1.54) is 7.11 Å². The number of ether oxygens (including phenoxy) is 2. The number of hydrogen-bond donors (Lipinski definition) is 1. The van der Waals surface area contributed by atoms with Crippen LogP contribution in [-0.4, -0.2) is 25.2 Å². The molecule has 1 aromatic rings. The molecule has 1 aliphatic rings. The number of esters is 2. The maximum atomic E-state index is 12.7. The Labute approximate surface area is 153 Å². The summed E-state index contributed by atoms with van der Waals surface area (Å²) in [6.07, 6.45) is -0.294. The first-order chi connectivity index (χ1) is 12.3. The summed E-state index contributed by atoms with van der Waals surface area (Å²) < 4.78 is 10.3. The summed E-state index contributed by atoms with van der Waals surface area (Å²) in [7, 11) is 1.30. The van der Waals surface area contributed by atoms with Crippen LogP contribution in [0.1, 0.15) is 44.7 Å². The lowest BCUT2D eigenvalue weighted by atomic mass is 9.80. The van der Waals surface area contributed by atoms with Crippen molar-refractivity contribution in [3.63, 3.8) is 0 Å². The molecule has 1 aliphatic heterocycles. The van der Waals surface area contributed by atoms with Gasteiger partial charge in [0, 0.05) is 11.4 Å². The molecule has 1 aromatic carbocycles. The third-order valence-corrected chi connectivity index (χ3v) is 4.10. The van der Waals surface area contributed by atoms with Gasteiger partial charge in [0.2, 0.25) is 0 Å². The number of nitrogens with one attached hydrogen (secondary N) is 1.